The molecule has 2 aromatic carbocycles. The Labute approximate surface area is 205 Å². The average molecular weight is 483 g/mol. The van der Waals surface area contributed by atoms with E-state index in [1.807, 2.05) is 26.0 Å². The van der Waals surface area contributed by atoms with Gasteiger partial charge in [-0.3, -0.25) is 4.79 Å². The van der Waals surface area contributed by atoms with E-state index in [9.17, 15) is 4.79 Å². The zero-order chi connectivity index (χ0) is 25.0. The van der Waals surface area contributed by atoms with Crippen molar-refractivity contribution in [2.75, 3.05) is 13.7 Å². The van der Waals surface area contributed by atoms with Gasteiger partial charge in [0.2, 0.25) is 0 Å². The fraction of sp³-hybridized carbons (Fsp3) is 0.464. The van der Waals surface area contributed by atoms with Gasteiger partial charge in [0.1, 0.15) is 18.3 Å². The van der Waals surface area contributed by atoms with E-state index in [4.69, 9.17) is 18.6 Å². The maximum Gasteiger partial charge on any atom is 0.261 e. The quantitative estimate of drug-likeness (QED) is 0.374. The van der Waals surface area contributed by atoms with Crippen LogP contribution in [0.15, 0.2) is 73.3 Å². The second-order valence-corrected chi connectivity index (χ2v) is 14.5. The lowest BCUT2D eigenvalue weighted by Crippen LogP contribution is -2.67. The van der Waals surface area contributed by atoms with Gasteiger partial charge in [-0.2, -0.15) is 0 Å². The third-order valence-corrected chi connectivity index (χ3v) is 11.3. The highest BCUT2D eigenvalue weighted by Gasteiger charge is 2.53. The zero-order valence-corrected chi connectivity index (χ0v) is 22.2. The molecule has 0 aromatic heterocycles. The molecule has 0 amide bonds. The number of carbonyl (C=O) groups is 1. The molecule has 2 aromatic rings. The highest BCUT2D eigenvalue weighted by Crippen LogP contribution is 2.38. The number of ketones is 1. The first kappa shape index (κ1) is 26.5. The summed E-state index contributed by atoms with van der Waals surface area (Å²) in [5.74, 6) is -0.936. The summed E-state index contributed by atoms with van der Waals surface area (Å²) in [7, 11) is -1.23. The van der Waals surface area contributed by atoms with Gasteiger partial charge < -0.3 is 18.6 Å². The fourth-order valence-electron chi connectivity index (χ4n) is 4.92. The molecule has 0 unspecified atom stereocenters. The van der Waals surface area contributed by atoms with Crippen molar-refractivity contribution in [3.63, 3.8) is 0 Å². The number of rotatable bonds is 10. The molecule has 3 atom stereocenters. The monoisotopic (exact) mass is 482 g/mol. The van der Waals surface area contributed by atoms with E-state index in [0.29, 0.717) is 0 Å². The van der Waals surface area contributed by atoms with Crippen LogP contribution in [-0.2, 0) is 23.4 Å². The van der Waals surface area contributed by atoms with E-state index in [0.717, 1.165) is 0 Å². The summed E-state index contributed by atoms with van der Waals surface area (Å²) < 4.78 is 25.1. The minimum Gasteiger partial charge on any atom is -0.405 e. The van der Waals surface area contributed by atoms with Crippen LogP contribution in [0.2, 0.25) is 5.04 Å². The lowest BCUT2D eigenvalue weighted by atomic mass is 10.0. The van der Waals surface area contributed by atoms with Crippen molar-refractivity contribution in [3.05, 3.63) is 73.3 Å². The average Bonchev–Trinajstić information content (AvgIpc) is 3.09. The second kappa shape index (κ2) is 10.7. The number of Topliss-reactive ketones (excluding diaryl/α,β-unsaturated/α-hetero) is 1. The first-order valence-electron chi connectivity index (χ1n) is 11.8. The van der Waals surface area contributed by atoms with Crippen molar-refractivity contribution in [1.82, 2.24) is 0 Å². The molecule has 34 heavy (non-hydrogen) atoms. The molecule has 0 spiro atoms. The predicted octanol–water partition coefficient (Wildman–Crippen LogP) is 4.24. The van der Waals surface area contributed by atoms with E-state index < -0.39 is 32.4 Å². The smallest absolute Gasteiger partial charge is 0.261 e. The van der Waals surface area contributed by atoms with Crippen LogP contribution < -0.4 is 10.4 Å². The van der Waals surface area contributed by atoms with Crippen molar-refractivity contribution in [3.8, 4) is 0 Å². The van der Waals surface area contributed by atoms with Crippen molar-refractivity contribution in [1.29, 1.82) is 0 Å². The highest BCUT2D eigenvalue weighted by molar-refractivity contribution is 6.99. The summed E-state index contributed by atoms with van der Waals surface area (Å²) in [6, 6.07) is 20.9. The molecule has 0 N–H and O–H groups in total. The minimum atomic E-state index is -2.76. The number of ether oxygens (including phenoxy) is 3. The Bertz CT molecular complexity index is 912. The molecule has 0 radical (unpaired) electrons. The van der Waals surface area contributed by atoms with E-state index in [1.165, 1.54) is 17.5 Å². The molecule has 184 valence electrons. The van der Waals surface area contributed by atoms with Crippen LogP contribution in [0.1, 0.15) is 41.0 Å². The minimum absolute atomic E-state index is 0.0840. The molecule has 1 fully saturated rings. The Hall–Kier alpha value is -2.09. The van der Waals surface area contributed by atoms with Gasteiger partial charge in [-0.05, 0) is 29.3 Å². The molecule has 0 bridgehead atoms. The van der Waals surface area contributed by atoms with Crippen LogP contribution in [0.4, 0.5) is 0 Å². The van der Waals surface area contributed by atoms with Crippen molar-refractivity contribution < 1.29 is 23.4 Å². The molecule has 0 aliphatic carbocycles. The van der Waals surface area contributed by atoms with E-state index in [-0.39, 0.29) is 23.8 Å². The number of allylic oxidation sites excluding steroid dienone is 1. The standard InChI is InChI=1S/C28H38O5Si/c1-8-15-23(29)25(30-7)26-24(32-28(5,6)33-26)20-31-34(27(2,3)4,21-16-11-9-12-17-21)22-18-13-10-14-19-22/h8-14,16-19,24-26H,1,15,20H2,2-7H3/t24-,25-,26-/m0/s1. The van der Waals surface area contributed by atoms with Crippen molar-refractivity contribution >= 4 is 24.5 Å². The number of methoxy groups -OCH3 is 1. The van der Waals surface area contributed by atoms with Gasteiger partial charge >= 0.3 is 0 Å². The maximum absolute atomic E-state index is 12.8. The molecular formula is C28H38O5Si. The summed E-state index contributed by atoms with van der Waals surface area (Å²) >= 11 is 0. The van der Waals surface area contributed by atoms with Gasteiger partial charge in [-0.15, -0.1) is 6.58 Å². The SMILES string of the molecule is C=CCC(=O)[C@H](OC)[C@H]1OC(C)(C)O[C@H]1CO[Si](c1ccccc1)(c1ccccc1)C(C)(C)C. The summed E-state index contributed by atoms with van der Waals surface area (Å²) in [5.41, 5.74) is 0. The highest BCUT2D eigenvalue weighted by atomic mass is 28.4. The van der Waals surface area contributed by atoms with Crippen LogP contribution in [0.5, 0.6) is 0 Å². The normalized spacial score (nSPS) is 21.2. The Kier molecular flexibility index (Phi) is 8.32. The molecule has 1 heterocycles. The lowest BCUT2D eigenvalue weighted by Gasteiger charge is -2.43. The Morgan fingerprint density at radius 3 is 2.03 bits per heavy atom. The fourth-order valence-corrected chi connectivity index (χ4v) is 9.49. The molecular weight excluding hydrogens is 444 g/mol. The number of hydrogen-bond donors (Lipinski definition) is 0. The Morgan fingerprint density at radius 1 is 1.06 bits per heavy atom. The van der Waals surface area contributed by atoms with E-state index >= 15 is 0 Å². The molecule has 6 heteroatoms. The number of benzene rings is 2. The van der Waals surface area contributed by atoms with Gasteiger partial charge in [-0.1, -0.05) is 87.5 Å². The summed E-state index contributed by atoms with van der Waals surface area (Å²) in [6.45, 7) is 14.4. The second-order valence-electron chi connectivity index (χ2n) is 10.2. The zero-order valence-electron chi connectivity index (χ0n) is 21.2. The first-order chi connectivity index (χ1) is 16.1. The number of carbonyl (C=O) groups excluding carboxylic acids is 1. The van der Waals surface area contributed by atoms with Gasteiger partial charge in [0.25, 0.3) is 8.32 Å². The third-order valence-electron chi connectivity index (χ3n) is 6.32. The largest absolute Gasteiger partial charge is 0.405 e. The topological polar surface area (TPSA) is 54.0 Å². The van der Waals surface area contributed by atoms with E-state index in [2.05, 4.69) is 75.9 Å². The molecule has 1 saturated heterocycles. The van der Waals surface area contributed by atoms with Crippen LogP contribution >= 0.6 is 0 Å². The van der Waals surface area contributed by atoms with E-state index in [1.54, 1.807) is 6.08 Å². The van der Waals surface area contributed by atoms with Crippen LogP contribution in [0.3, 0.4) is 0 Å². The molecule has 1 aliphatic heterocycles. The van der Waals surface area contributed by atoms with Crippen molar-refractivity contribution in [2.45, 2.75) is 70.2 Å². The summed E-state index contributed by atoms with van der Waals surface area (Å²) in [5, 5.41) is 2.21. The third kappa shape index (κ3) is 5.42. The van der Waals surface area contributed by atoms with Crippen LogP contribution in [0, 0.1) is 0 Å². The molecule has 5 nitrogen and oxygen atoms in total. The molecule has 3 rings (SSSR count). The summed E-state index contributed by atoms with van der Waals surface area (Å²) in [6.07, 6.45) is -0.00176. The van der Waals surface area contributed by atoms with Crippen molar-refractivity contribution in [2.24, 2.45) is 0 Å². The van der Waals surface area contributed by atoms with Gasteiger partial charge in [-0.25, -0.2) is 0 Å². The van der Waals surface area contributed by atoms with Gasteiger partial charge in [0.15, 0.2) is 11.6 Å². The van der Waals surface area contributed by atoms with Gasteiger partial charge in [0, 0.05) is 13.5 Å². The maximum atomic E-state index is 12.8. The Balaban J connectivity index is 2.01. The van der Waals surface area contributed by atoms with Gasteiger partial charge in [0.05, 0.1) is 6.61 Å². The first-order valence-corrected chi connectivity index (χ1v) is 13.7. The lowest BCUT2D eigenvalue weighted by molar-refractivity contribution is -0.162. The number of hydrogen-bond acceptors (Lipinski definition) is 5. The van der Waals surface area contributed by atoms with Crippen LogP contribution in [-0.4, -0.2) is 51.9 Å². The van der Waals surface area contributed by atoms with Crippen LogP contribution in [0.25, 0.3) is 0 Å². The summed E-state index contributed by atoms with van der Waals surface area (Å²) in [4.78, 5) is 12.8. The molecule has 1 aliphatic rings. The molecule has 0 saturated carbocycles. The Morgan fingerprint density at radius 2 is 1.59 bits per heavy atom. The predicted molar refractivity (Wildman–Crippen MR) is 138 cm³/mol.